The molecule has 0 saturated heterocycles. The van der Waals surface area contributed by atoms with Crippen LogP contribution in [0.25, 0.3) is 0 Å². The Morgan fingerprint density at radius 1 is 1.22 bits per heavy atom. The second-order valence-electron chi connectivity index (χ2n) is 6.81. The fourth-order valence-electron chi connectivity index (χ4n) is 2.79. The smallest absolute Gasteiger partial charge is 0.240 e. The van der Waals surface area contributed by atoms with Crippen molar-refractivity contribution < 1.29 is 13.2 Å². The third-order valence-electron chi connectivity index (χ3n) is 4.23. The van der Waals surface area contributed by atoms with Crippen molar-refractivity contribution in [2.75, 3.05) is 5.32 Å². The summed E-state index contributed by atoms with van der Waals surface area (Å²) in [4.78, 5) is 11.9. The summed E-state index contributed by atoms with van der Waals surface area (Å²) in [6.07, 6.45) is 2.91. The van der Waals surface area contributed by atoms with E-state index in [1.165, 1.54) is 0 Å². The van der Waals surface area contributed by atoms with Crippen molar-refractivity contribution in [3.8, 4) is 0 Å². The van der Waals surface area contributed by atoms with E-state index in [9.17, 15) is 13.2 Å². The quantitative estimate of drug-likeness (QED) is 0.801. The van der Waals surface area contributed by atoms with Crippen LogP contribution in [0, 0.1) is 5.92 Å². The predicted octanol–water partition coefficient (Wildman–Crippen LogP) is 3.24. The fourth-order valence-corrected chi connectivity index (χ4v) is 4.10. The summed E-state index contributed by atoms with van der Waals surface area (Å²) >= 11 is 0. The van der Waals surface area contributed by atoms with Gasteiger partial charge in [0.2, 0.25) is 15.9 Å². The number of sulfonamides is 1. The first-order valence-electron chi connectivity index (χ1n) is 8.18. The number of hydrogen-bond donors (Lipinski definition) is 2. The Morgan fingerprint density at radius 2 is 1.91 bits per heavy atom. The molecule has 0 unspecified atom stereocenters. The maximum atomic E-state index is 12.5. The Bertz CT molecular complexity index is 683. The molecule has 1 aliphatic heterocycles. The number of benzene rings is 1. The van der Waals surface area contributed by atoms with Gasteiger partial charge in [-0.25, -0.2) is 13.1 Å². The van der Waals surface area contributed by atoms with Gasteiger partial charge < -0.3 is 5.32 Å². The minimum absolute atomic E-state index is 0.0930. The standard InChI is InChI=1S/C17H26N2O3S/c1-11(2)6-5-7-12(3)19-23(21,22)14-8-9-16-15(10-14)13(4)17(20)18-16/h8-13,19H,5-7H2,1-4H3,(H,18,20)/t12-,13+/m1/s1. The van der Waals surface area contributed by atoms with Gasteiger partial charge in [-0.3, -0.25) is 4.79 Å². The summed E-state index contributed by atoms with van der Waals surface area (Å²) in [6, 6.07) is 4.69. The Kier molecular flexibility index (Phi) is 5.47. The van der Waals surface area contributed by atoms with E-state index in [-0.39, 0.29) is 22.8 Å². The van der Waals surface area contributed by atoms with Gasteiger partial charge >= 0.3 is 0 Å². The second kappa shape index (κ2) is 7.01. The molecule has 1 amide bonds. The van der Waals surface area contributed by atoms with Crippen molar-refractivity contribution in [3.05, 3.63) is 23.8 Å². The normalized spacial score (nSPS) is 18.8. The predicted molar refractivity (Wildman–Crippen MR) is 92.0 cm³/mol. The summed E-state index contributed by atoms with van der Waals surface area (Å²) in [5, 5.41) is 2.75. The highest BCUT2D eigenvalue weighted by atomic mass is 32.2. The van der Waals surface area contributed by atoms with E-state index in [1.807, 2.05) is 6.92 Å². The van der Waals surface area contributed by atoms with Gasteiger partial charge in [-0.1, -0.05) is 26.7 Å². The Hall–Kier alpha value is -1.40. The topological polar surface area (TPSA) is 75.3 Å². The number of hydrogen-bond acceptors (Lipinski definition) is 3. The highest BCUT2D eigenvalue weighted by molar-refractivity contribution is 7.89. The molecule has 6 heteroatoms. The zero-order valence-corrected chi connectivity index (χ0v) is 15.0. The Labute approximate surface area is 138 Å². The first kappa shape index (κ1) is 17.9. The van der Waals surface area contributed by atoms with Gasteiger partial charge in [-0.2, -0.15) is 0 Å². The van der Waals surface area contributed by atoms with Gasteiger partial charge in [0.05, 0.1) is 10.8 Å². The van der Waals surface area contributed by atoms with Crippen LogP contribution in [0.4, 0.5) is 5.69 Å². The van der Waals surface area contributed by atoms with E-state index < -0.39 is 10.0 Å². The maximum absolute atomic E-state index is 12.5. The molecule has 2 atom stereocenters. The van der Waals surface area contributed by atoms with E-state index in [0.717, 1.165) is 24.8 Å². The Morgan fingerprint density at radius 3 is 2.57 bits per heavy atom. The van der Waals surface area contributed by atoms with Crippen molar-refractivity contribution in [1.82, 2.24) is 4.72 Å². The summed E-state index contributed by atoms with van der Waals surface area (Å²) < 4.78 is 27.8. The molecule has 0 bridgehead atoms. The largest absolute Gasteiger partial charge is 0.325 e. The van der Waals surface area contributed by atoms with E-state index in [1.54, 1.807) is 25.1 Å². The van der Waals surface area contributed by atoms with Crippen LogP contribution in [-0.4, -0.2) is 20.4 Å². The van der Waals surface area contributed by atoms with Gasteiger partial charge in [-0.15, -0.1) is 0 Å². The molecule has 0 saturated carbocycles. The lowest BCUT2D eigenvalue weighted by molar-refractivity contribution is -0.116. The van der Waals surface area contributed by atoms with Gasteiger partial charge in [0.15, 0.2) is 0 Å². The lowest BCUT2D eigenvalue weighted by Crippen LogP contribution is -2.32. The second-order valence-corrected chi connectivity index (χ2v) is 8.52. The summed E-state index contributed by atoms with van der Waals surface area (Å²) in [5.41, 5.74) is 1.44. The van der Waals surface area contributed by atoms with Gasteiger partial charge in [0.1, 0.15) is 0 Å². The van der Waals surface area contributed by atoms with Crippen molar-refractivity contribution in [3.63, 3.8) is 0 Å². The molecule has 1 aromatic carbocycles. The molecule has 0 fully saturated rings. The lowest BCUT2D eigenvalue weighted by atomic mass is 10.0. The zero-order chi connectivity index (χ0) is 17.2. The first-order valence-corrected chi connectivity index (χ1v) is 9.66. The molecule has 2 rings (SSSR count). The molecule has 1 aromatic rings. The minimum atomic E-state index is -3.56. The number of carbonyl (C=O) groups excluding carboxylic acids is 1. The fraction of sp³-hybridized carbons (Fsp3) is 0.588. The van der Waals surface area contributed by atoms with Gasteiger partial charge in [0.25, 0.3) is 0 Å². The SMILES string of the molecule is CC(C)CCC[C@@H](C)NS(=O)(=O)c1ccc2c(c1)[C@H](C)C(=O)N2. The van der Waals surface area contributed by atoms with Crippen molar-refractivity contribution in [2.45, 2.75) is 63.8 Å². The van der Waals surface area contributed by atoms with Crippen LogP contribution in [0.2, 0.25) is 0 Å². The van der Waals surface area contributed by atoms with Crippen LogP contribution in [-0.2, 0) is 14.8 Å². The van der Waals surface area contributed by atoms with Gasteiger partial charge in [-0.05, 0) is 49.9 Å². The molecule has 1 aliphatic rings. The van der Waals surface area contributed by atoms with Crippen LogP contribution >= 0.6 is 0 Å². The maximum Gasteiger partial charge on any atom is 0.240 e. The van der Waals surface area contributed by atoms with E-state index in [0.29, 0.717) is 11.6 Å². The van der Waals surface area contributed by atoms with Crippen LogP contribution in [0.15, 0.2) is 23.1 Å². The molecule has 0 aliphatic carbocycles. The van der Waals surface area contributed by atoms with Crippen LogP contribution in [0.5, 0.6) is 0 Å². The number of anilines is 1. The van der Waals surface area contributed by atoms with E-state index in [4.69, 9.17) is 0 Å². The third-order valence-corrected chi connectivity index (χ3v) is 5.81. The number of nitrogens with one attached hydrogen (secondary N) is 2. The third kappa shape index (κ3) is 4.32. The lowest BCUT2D eigenvalue weighted by Gasteiger charge is -2.15. The number of fused-ring (bicyclic) bond motifs is 1. The number of amides is 1. The molecule has 128 valence electrons. The van der Waals surface area contributed by atoms with Crippen molar-refractivity contribution in [1.29, 1.82) is 0 Å². The summed E-state index contributed by atoms with van der Waals surface area (Å²) in [7, 11) is -3.56. The monoisotopic (exact) mass is 338 g/mol. The minimum Gasteiger partial charge on any atom is -0.325 e. The molecule has 0 aromatic heterocycles. The van der Waals surface area contributed by atoms with Crippen molar-refractivity contribution >= 4 is 21.6 Å². The van der Waals surface area contributed by atoms with E-state index in [2.05, 4.69) is 23.9 Å². The van der Waals surface area contributed by atoms with Crippen LogP contribution in [0.1, 0.15) is 58.4 Å². The van der Waals surface area contributed by atoms with Gasteiger partial charge in [0, 0.05) is 11.7 Å². The molecule has 5 nitrogen and oxygen atoms in total. The molecule has 2 N–H and O–H groups in total. The highest BCUT2D eigenvalue weighted by Crippen LogP contribution is 2.33. The summed E-state index contributed by atoms with van der Waals surface area (Å²) in [5.74, 6) is 0.218. The Balaban J connectivity index is 2.07. The molecular formula is C17H26N2O3S. The zero-order valence-electron chi connectivity index (χ0n) is 14.2. The molecule has 0 spiro atoms. The number of carbonyl (C=O) groups is 1. The van der Waals surface area contributed by atoms with Crippen molar-refractivity contribution in [2.24, 2.45) is 5.92 Å². The van der Waals surface area contributed by atoms with Crippen LogP contribution in [0.3, 0.4) is 0 Å². The average molecular weight is 338 g/mol. The number of rotatable bonds is 7. The first-order chi connectivity index (χ1) is 10.7. The highest BCUT2D eigenvalue weighted by Gasteiger charge is 2.28. The average Bonchev–Trinajstić information content (AvgIpc) is 2.73. The van der Waals surface area contributed by atoms with E-state index >= 15 is 0 Å². The summed E-state index contributed by atoms with van der Waals surface area (Å²) in [6.45, 7) is 7.99. The molecule has 0 radical (unpaired) electrons. The van der Waals surface area contributed by atoms with Crippen LogP contribution < -0.4 is 10.0 Å². The molecule has 1 heterocycles. The molecular weight excluding hydrogens is 312 g/mol. The molecule has 23 heavy (non-hydrogen) atoms.